The fourth-order valence-electron chi connectivity index (χ4n) is 3.46. The molecule has 0 aliphatic heterocycles. The summed E-state index contributed by atoms with van der Waals surface area (Å²) in [6, 6.07) is 16.6. The highest BCUT2D eigenvalue weighted by Crippen LogP contribution is 2.30. The van der Waals surface area contributed by atoms with Gasteiger partial charge in [0.15, 0.2) is 0 Å². The van der Waals surface area contributed by atoms with Crippen molar-refractivity contribution in [3.05, 3.63) is 72.0 Å². The van der Waals surface area contributed by atoms with Gasteiger partial charge in [0, 0.05) is 16.6 Å². The number of amides is 1. The predicted octanol–water partition coefficient (Wildman–Crippen LogP) is 3.98. The summed E-state index contributed by atoms with van der Waals surface area (Å²) in [6.45, 7) is 1.71. The summed E-state index contributed by atoms with van der Waals surface area (Å²) in [4.78, 5) is 12.8. The Morgan fingerprint density at radius 1 is 1.07 bits per heavy atom. The number of nitrogens with one attached hydrogen (secondary N) is 2. The van der Waals surface area contributed by atoms with Crippen molar-refractivity contribution >= 4 is 43.4 Å². The fourth-order valence-corrected chi connectivity index (χ4v) is 4.45. The lowest BCUT2D eigenvalue weighted by Crippen LogP contribution is -2.20. The first-order chi connectivity index (χ1) is 13.9. The highest BCUT2D eigenvalue weighted by Gasteiger charge is 2.17. The lowest BCUT2D eigenvalue weighted by Gasteiger charge is -2.10. The molecule has 0 saturated heterocycles. The molecular weight excluding hydrogens is 388 g/mol. The van der Waals surface area contributed by atoms with Gasteiger partial charge in [-0.1, -0.05) is 36.4 Å². The van der Waals surface area contributed by atoms with Crippen molar-refractivity contribution in [1.82, 2.24) is 4.72 Å². The Hall–Kier alpha value is -3.16. The van der Waals surface area contributed by atoms with Crippen LogP contribution < -0.4 is 10.0 Å². The van der Waals surface area contributed by atoms with E-state index in [1.807, 2.05) is 36.4 Å². The lowest BCUT2D eigenvalue weighted by atomic mass is 10.0. The van der Waals surface area contributed by atoms with Gasteiger partial charge in [-0.2, -0.15) is 0 Å². The molecule has 1 aromatic heterocycles. The van der Waals surface area contributed by atoms with Crippen LogP contribution in [-0.2, 0) is 21.2 Å². The van der Waals surface area contributed by atoms with Crippen LogP contribution in [0.4, 0.5) is 5.69 Å². The van der Waals surface area contributed by atoms with Crippen molar-refractivity contribution in [3.8, 4) is 0 Å². The van der Waals surface area contributed by atoms with Gasteiger partial charge in [0.05, 0.1) is 17.6 Å². The second-order valence-electron chi connectivity index (χ2n) is 6.83. The maximum absolute atomic E-state index is 12.7. The van der Waals surface area contributed by atoms with Crippen LogP contribution >= 0.6 is 0 Å². The van der Waals surface area contributed by atoms with E-state index in [4.69, 9.17) is 4.42 Å². The van der Waals surface area contributed by atoms with Crippen LogP contribution in [0.25, 0.3) is 21.7 Å². The van der Waals surface area contributed by atoms with Crippen molar-refractivity contribution in [3.63, 3.8) is 0 Å². The first-order valence-corrected chi connectivity index (χ1v) is 10.6. The van der Waals surface area contributed by atoms with E-state index >= 15 is 0 Å². The highest BCUT2D eigenvalue weighted by molar-refractivity contribution is 7.89. The summed E-state index contributed by atoms with van der Waals surface area (Å²) < 4.78 is 32.2. The molecule has 148 valence electrons. The Morgan fingerprint density at radius 3 is 2.66 bits per heavy atom. The Kier molecular flexibility index (Phi) is 4.86. The summed E-state index contributed by atoms with van der Waals surface area (Å²) in [5.41, 5.74) is 2.53. The quantitative estimate of drug-likeness (QED) is 0.523. The fraction of sp³-hybridized carbons (Fsp3) is 0.136. The molecule has 0 aliphatic rings. The minimum atomic E-state index is -3.61. The smallest absolute Gasteiger partial charge is 0.240 e. The molecule has 0 unspecified atom stereocenters. The van der Waals surface area contributed by atoms with E-state index in [-0.39, 0.29) is 17.2 Å². The highest BCUT2D eigenvalue weighted by atomic mass is 32.2. The number of furan rings is 1. The van der Waals surface area contributed by atoms with E-state index in [2.05, 4.69) is 10.0 Å². The van der Waals surface area contributed by atoms with E-state index in [0.717, 1.165) is 27.3 Å². The minimum Gasteiger partial charge on any atom is -0.464 e. The van der Waals surface area contributed by atoms with Crippen LogP contribution in [0.15, 0.2) is 70.2 Å². The van der Waals surface area contributed by atoms with Gasteiger partial charge in [-0.05, 0) is 48.5 Å². The molecule has 0 saturated carbocycles. The second kappa shape index (κ2) is 7.35. The number of sulfonamides is 1. The van der Waals surface area contributed by atoms with Gasteiger partial charge in [-0.15, -0.1) is 0 Å². The van der Waals surface area contributed by atoms with Gasteiger partial charge in [-0.25, -0.2) is 13.1 Å². The first kappa shape index (κ1) is 19.2. The van der Waals surface area contributed by atoms with Crippen LogP contribution in [0, 0.1) is 6.92 Å². The van der Waals surface area contributed by atoms with Crippen molar-refractivity contribution < 1.29 is 17.6 Å². The summed E-state index contributed by atoms with van der Waals surface area (Å²) in [6.07, 6.45) is 1.71. The molecule has 0 atom stereocenters. The molecule has 6 nitrogen and oxygen atoms in total. The monoisotopic (exact) mass is 408 g/mol. The van der Waals surface area contributed by atoms with Crippen LogP contribution in [0.1, 0.15) is 11.1 Å². The van der Waals surface area contributed by atoms with Crippen LogP contribution in [-0.4, -0.2) is 21.4 Å². The van der Waals surface area contributed by atoms with Crippen LogP contribution in [0.3, 0.4) is 0 Å². The van der Waals surface area contributed by atoms with Crippen molar-refractivity contribution in [2.24, 2.45) is 0 Å². The molecular formula is C22H20N2O4S. The minimum absolute atomic E-state index is 0.114. The largest absolute Gasteiger partial charge is 0.464 e. The molecule has 1 amide bonds. The number of benzene rings is 3. The third kappa shape index (κ3) is 3.62. The molecule has 7 heteroatoms. The maximum atomic E-state index is 12.7. The van der Waals surface area contributed by atoms with Crippen molar-refractivity contribution in [2.75, 3.05) is 12.4 Å². The summed E-state index contributed by atoms with van der Waals surface area (Å²) in [5.74, 6) is -0.253. The van der Waals surface area contributed by atoms with Crippen LogP contribution in [0.5, 0.6) is 0 Å². The number of rotatable bonds is 5. The Bertz CT molecular complexity index is 1340. The van der Waals surface area contributed by atoms with E-state index in [1.54, 1.807) is 25.3 Å². The zero-order chi connectivity index (χ0) is 20.6. The molecule has 1 heterocycles. The van der Waals surface area contributed by atoms with Gasteiger partial charge in [0.1, 0.15) is 5.58 Å². The maximum Gasteiger partial charge on any atom is 0.240 e. The van der Waals surface area contributed by atoms with Crippen molar-refractivity contribution in [2.45, 2.75) is 18.2 Å². The van der Waals surface area contributed by atoms with Gasteiger partial charge < -0.3 is 9.73 Å². The third-order valence-electron chi connectivity index (χ3n) is 4.92. The van der Waals surface area contributed by atoms with Crippen molar-refractivity contribution in [1.29, 1.82) is 0 Å². The Morgan fingerprint density at radius 2 is 1.86 bits per heavy atom. The number of anilines is 1. The molecule has 29 heavy (non-hydrogen) atoms. The third-order valence-corrected chi connectivity index (χ3v) is 6.48. The van der Waals surface area contributed by atoms with E-state index in [0.29, 0.717) is 11.3 Å². The molecule has 0 fully saturated rings. The average molecular weight is 408 g/mol. The summed E-state index contributed by atoms with van der Waals surface area (Å²) in [7, 11) is -2.25. The molecule has 4 rings (SSSR count). The standard InChI is InChI=1S/C22H20N2O4S/c1-14-7-9-17(12-20(14)29(26,27)23-2)24-21(25)11-16-13-28-19-10-8-15-5-3-4-6-18(15)22(16)19/h3-10,12-13,23H,11H2,1-2H3,(H,24,25). The molecule has 0 spiro atoms. The predicted molar refractivity (Wildman–Crippen MR) is 113 cm³/mol. The number of hydrogen-bond acceptors (Lipinski definition) is 4. The van der Waals surface area contributed by atoms with Gasteiger partial charge in [0.25, 0.3) is 0 Å². The van der Waals surface area contributed by atoms with Gasteiger partial charge in [0.2, 0.25) is 15.9 Å². The van der Waals surface area contributed by atoms with Crippen LogP contribution in [0.2, 0.25) is 0 Å². The summed E-state index contributed by atoms with van der Waals surface area (Å²) in [5, 5.41) is 5.80. The zero-order valence-corrected chi connectivity index (χ0v) is 16.8. The Labute approximate surface area is 168 Å². The number of aryl methyl sites for hydroxylation is 1. The second-order valence-corrected chi connectivity index (χ2v) is 8.69. The molecule has 0 bridgehead atoms. The molecule has 0 aliphatic carbocycles. The molecule has 3 aromatic carbocycles. The lowest BCUT2D eigenvalue weighted by molar-refractivity contribution is -0.115. The number of hydrogen-bond donors (Lipinski definition) is 2. The van der Waals surface area contributed by atoms with Gasteiger partial charge >= 0.3 is 0 Å². The Balaban J connectivity index is 1.63. The SMILES string of the molecule is CNS(=O)(=O)c1cc(NC(=O)Cc2coc3ccc4ccccc4c23)ccc1C. The molecule has 0 radical (unpaired) electrons. The number of carbonyl (C=O) groups excluding carboxylic acids is 1. The van der Waals surface area contributed by atoms with E-state index in [1.165, 1.54) is 13.1 Å². The number of carbonyl (C=O) groups is 1. The average Bonchev–Trinajstić information content (AvgIpc) is 3.12. The number of fused-ring (bicyclic) bond motifs is 3. The van der Waals surface area contributed by atoms with Gasteiger partial charge in [-0.3, -0.25) is 4.79 Å². The molecule has 2 N–H and O–H groups in total. The normalized spacial score (nSPS) is 11.8. The van der Waals surface area contributed by atoms with E-state index < -0.39 is 10.0 Å². The van der Waals surface area contributed by atoms with E-state index in [9.17, 15) is 13.2 Å². The zero-order valence-electron chi connectivity index (χ0n) is 16.0. The topological polar surface area (TPSA) is 88.4 Å². The first-order valence-electron chi connectivity index (χ1n) is 9.11. The molecule has 4 aromatic rings. The summed E-state index contributed by atoms with van der Waals surface area (Å²) >= 11 is 0.